The first-order valence-corrected chi connectivity index (χ1v) is 8.00. The summed E-state index contributed by atoms with van der Waals surface area (Å²) in [5.74, 6) is 0.00928. The van der Waals surface area contributed by atoms with Crippen LogP contribution in [0.2, 0.25) is 5.02 Å². The molecule has 0 aliphatic heterocycles. The Morgan fingerprint density at radius 3 is 2.29 bits per heavy atom. The van der Waals surface area contributed by atoms with Gasteiger partial charge in [0.15, 0.2) is 12.4 Å². The number of hydrogen-bond acceptors (Lipinski definition) is 4. The van der Waals surface area contributed by atoms with Crippen LogP contribution in [0.25, 0.3) is 0 Å². The standard InChI is InChI=1S/C19H19ClO4/c1-4-23-17(21)11-24-19-12(2)9-14(10-13(19)3)18(22)15-7-5-6-8-16(15)20/h5-10H,4,11H2,1-3H3. The van der Waals surface area contributed by atoms with Crippen LogP contribution < -0.4 is 4.74 Å². The number of ether oxygens (including phenoxy) is 2. The van der Waals surface area contributed by atoms with E-state index in [4.69, 9.17) is 21.1 Å². The highest BCUT2D eigenvalue weighted by atomic mass is 35.5. The van der Waals surface area contributed by atoms with Gasteiger partial charge in [0.25, 0.3) is 0 Å². The predicted octanol–water partition coefficient (Wildman–Crippen LogP) is 4.13. The number of hydrogen-bond donors (Lipinski definition) is 0. The van der Waals surface area contributed by atoms with Crippen molar-refractivity contribution in [1.29, 1.82) is 0 Å². The number of carbonyl (C=O) groups is 2. The Bertz CT molecular complexity index is 745. The molecule has 0 spiro atoms. The summed E-state index contributed by atoms with van der Waals surface area (Å²) in [6.45, 7) is 5.55. The summed E-state index contributed by atoms with van der Waals surface area (Å²) in [4.78, 5) is 24.1. The molecule has 0 aliphatic carbocycles. The van der Waals surface area contributed by atoms with Crippen molar-refractivity contribution in [1.82, 2.24) is 0 Å². The number of esters is 1. The molecule has 0 fully saturated rings. The Morgan fingerprint density at radius 1 is 1.08 bits per heavy atom. The van der Waals surface area contributed by atoms with Crippen LogP contribution in [-0.2, 0) is 9.53 Å². The lowest BCUT2D eigenvalue weighted by Crippen LogP contribution is -2.15. The zero-order valence-corrected chi connectivity index (χ0v) is 14.6. The third-order valence-corrected chi connectivity index (χ3v) is 3.81. The van der Waals surface area contributed by atoms with Crippen molar-refractivity contribution >= 4 is 23.4 Å². The van der Waals surface area contributed by atoms with E-state index in [0.717, 1.165) is 11.1 Å². The summed E-state index contributed by atoms with van der Waals surface area (Å²) in [6.07, 6.45) is 0. The van der Waals surface area contributed by atoms with Crippen molar-refractivity contribution in [2.45, 2.75) is 20.8 Å². The molecule has 5 heteroatoms. The van der Waals surface area contributed by atoms with Gasteiger partial charge in [-0.25, -0.2) is 4.79 Å². The summed E-state index contributed by atoms with van der Waals surface area (Å²) in [6, 6.07) is 10.4. The monoisotopic (exact) mass is 346 g/mol. The van der Waals surface area contributed by atoms with E-state index >= 15 is 0 Å². The minimum absolute atomic E-state index is 0.149. The van der Waals surface area contributed by atoms with Gasteiger partial charge < -0.3 is 9.47 Å². The first kappa shape index (κ1) is 18.0. The Morgan fingerprint density at radius 2 is 1.71 bits per heavy atom. The molecule has 2 aromatic rings. The van der Waals surface area contributed by atoms with E-state index < -0.39 is 5.97 Å². The summed E-state index contributed by atoms with van der Waals surface area (Å²) < 4.78 is 10.4. The average molecular weight is 347 g/mol. The average Bonchev–Trinajstić information content (AvgIpc) is 2.54. The van der Waals surface area contributed by atoms with Crippen LogP contribution in [0.15, 0.2) is 36.4 Å². The van der Waals surface area contributed by atoms with Crippen LogP contribution in [-0.4, -0.2) is 25.0 Å². The fourth-order valence-corrected chi connectivity index (χ4v) is 2.67. The van der Waals surface area contributed by atoms with Crippen LogP contribution in [0.5, 0.6) is 5.75 Å². The third kappa shape index (κ3) is 4.15. The molecule has 0 aliphatic rings. The molecular formula is C19H19ClO4. The van der Waals surface area contributed by atoms with Gasteiger partial charge in [-0.3, -0.25) is 4.79 Å². The number of benzene rings is 2. The summed E-state index contributed by atoms with van der Waals surface area (Å²) in [5.41, 5.74) is 2.53. The highest BCUT2D eigenvalue weighted by molar-refractivity contribution is 6.35. The first-order chi connectivity index (χ1) is 11.4. The Kier molecular flexibility index (Phi) is 5.99. The fraction of sp³-hybridized carbons (Fsp3) is 0.263. The molecule has 4 nitrogen and oxygen atoms in total. The third-order valence-electron chi connectivity index (χ3n) is 3.48. The molecule has 24 heavy (non-hydrogen) atoms. The van der Waals surface area contributed by atoms with Crippen LogP contribution in [0.4, 0.5) is 0 Å². The number of ketones is 1. The minimum Gasteiger partial charge on any atom is -0.481 e. The molecule has 0 atom stereocenters. The minimum atomic E-state index is -0.424. The summed E-state index contributed by atoms with van der Waals surface area (Å²) >= 11 is 6.10. The maximum Gasteiger partial charge on any atom is 0.344 e. The molecule has 0 N–H and O–H groups in total. The van der Waals surface area contributed by atoms with Crippen molar-refractivity contribution in [2.75, 3.05) is 13.2 Å². The molecule has 0 radical (unpaired) electrons. The Labute approximate surface area is 146 Å². The van der Waals surface area contributed by atoms with Gasteiger partial charge in [0.2, 0.25) is 0 Å². The molecule has 0 amide bonds. The zero-order chi connectivity index (χ0) is 17.7. The van der Waals surface area contributed by atoms with Crippen LogP contribution in [0.3, 0.4) is 0 Å². The first-order valence-electron chi connectivity index (χ1n) is 7.63. The molecule has 126 valence electrons. The fourth-order valence-electron chi connectivity index (χ4n) is 2.44. The van der Waals surface area contributed by atoms with Gasteiger partial charge in [-0.15, -0.1) is 0 Å². The molecule has 0 bridgehead atoms. The topological polar surface area (TPSA) is 52.6 Å². The van der Waals surface area contributed by atoms with Gasteiger partial charge in [0.05, 0.1) is 11.6 Å². The van der Waals surface area contributed by atoms with Gasteiger partial charge in [-0.2, -0.15) is 0 Å². The Balaban J connectivity index is 2.25. The van der Waals surface area contributed by atoms with E-state index in [1.807, 2.05) is 13.8 Å². The van der Waals surface area contributed by atoms with Gasteiger partial charge >= 0.3 is 5.97 Å². The van der Waals surface area contributed by atoms with Crippen LogP contribution in [0.1, 0.15) is 34.0 Å². The Hall–Kier alpha value is -2.33. The normalized spacial score (nSPS) is 10.3. The van der Waals surface area contributed by atoms with E-state index in [0.29, 0.717) is 28.5 Å². The lowest BCUT2D eigenvalue weighted by Gasteiger charge is -2.13. The second-order valence-electron chi connectivity index (χ2n) is 5.34. The second kappa shape index (κ2) is 7.97. The molecular weight excluding hydrogens is 328 g/mol. The lowest BCUT2D eigenvalue weighted by atomic mass is 9.98. The number of aryl methyl sites for hydroxylation is 2. The van der Waals surface area contributed by atoms with Crippen molar-refractivity contribution < 1.29 is 19.1 Å². The summed E-state index contributed by atoms with van der Waals surface area (Å²) in [5, 5.41) is 0.417. The highest BCUT2D eigenvalue weighted by Crippen LogP contribution is 2.27. The maximum absolute atomic E-state index is 12.6. The van der Waals surface area contributed by atoms with Crippen LogP contribution >= 0.6 is 11.6 Å². The van der Waals surface area contributed by atoms with Crippen molar-refractivity contribution in [3.8, 4) is 5.75 Å². The molecule has 0 saturated carbocycles. The molecule has 0 heterocycles. The van der Waals surface area contributed by atoms with Gasteiger partial charge in [0, 0.05) is 11.1 Å². The highest BCUT2D eigenvalue weighted by Gasteiger charge is 2.16. The van der Waals surface area contributed by atoms with E-state index in [-0.39, 0.29) is 12.4 Å². The zero-order valence-electron chi connectivity index (χ0n) is 13.9. The smallest absolute Gasteiger partial charge is 0.344 e. The SMILES string of the molecule is CCOC(=O)COc1c(C)cc(C(=O)c2ccccc2Cl)cc1C. The lowest BCUT2D eigenvalue weighted by molar-refractivity contribution is -0.145. The number of carbonyl (C=O) groups excluding carboxylic acids is 2. The largest absolute Gasteiger partial charge is 0.481 e. The molecule has 0 saturated heterocycles. The van der Waals surface area contributed by atoms with Crippen molar-refractivity contribution in [3.05, 3.63) is 63.7 Å². The van der Waals surface area contributed by atoms with Crippen molar-refractivity contribution in [2.24, 2.45) is 0 Å². The van der Waals surface area contributed by atoms with E-state index in [9.17, 15) is 9.59 Å². The summed E-state index contributed by atoms with van der Waals surface area (Å²) in [7, 11) is 0. The molecule has 2 rings (SSSR count). The van der Waals surface area contributed by atoms with E-state index in [1.165, 1.54) is 0 Å². The second-order valence-corrected chi connectivity index (χ2v) is 5.75. The maximum atomic E-state index is 12.6. The van der Waals surface area contributed by atoms with E-state index in [2.05, 4.69) is 0 Å². The van der Waals surface area contributed by atoms with Gasteiger partial charge in [0.1, 0.15) is 5.75 Å². The quantitative estimate of drug-likeness (QED) is 0.583. The molecule has 0 aromatic heterocycles. The number of rotatable bonds is 6. The van der Waals surface area contributed by atoms with E-state index in [1.54, 1.807) is 43.3 Å². The van der Waals surface area contributed by atoms with Crippen molar-refractivity contribution in [3.63, 3.8) is 0 Å². The number of halogens is 1. The molecule has 0 unspecified atom stereocenters. The molecule has 2 aromatic carbocycles. The predicted molar refractivity (Wildman–Crippen MR) is 92.9 cm³/mol. The van der Waals surface area contributed by atoms with Gasteiger partial charge in [-0.1, -0.05) is 23.7 Å². The van der Waals surface area contributed by atoms with Gasteiger partial charge in [-0.05, 0) is 56.2 Å². The van der Waals surface area contributed by atoms with Crippen LogP contribution in [0, 0.1) is 13.8 Å².